The summed E-state index contributed by atoms with van der Waals surface area (Å²) in [5.74, 6) is 0.684. The Morgan fingerprint density at radius 2 is 1.04 bits per heavy atom. The molecule has 0 aliphatic rings. The van der Waals surface area contributed by atoms with E-state index in [0.29, 0.717) is 5.82 Å². The first kappa shape index (κ1) is 29.1. The van der Waals surface area contributed by atoms with Crippen molar-refractivity contribution in [3.05, 3.63) is 156 Å². The van der Waals surface area contributed by atoms with E-state index < -0.39 is 0 Å². The van der Waals surface area contributed by atoms with Crippen LogP contribution in [0.25, 0.3) is 87.4 Å². The van der Waals surface area contributed by atoms with Crippen LogP contribution in [0, 0.1) is 0 Å². The first-order valence-corrected chi connectivity index (χ1v) is 17.0. The third kappa shape index (κ3) is 5.05. The van der Waals surface area contributed by atoms with Crippen molar-refractivity contribution in [1.29, 1.82) is 0 Å². The SMILES string of the molecule is Cn1c(=O)n(C)c2cc(-c3ccc(-c4cc(-c5cccc(-c6ccc7sc8ccccc8c7c6)c5)nc(-c5ccccc5)n4)cc3)ccc21. The van der Waals surface area contributed by atoms with Crippen LogP contribution in [0.3, 0.4) is 0 Å². The van der Waals surface area contributed by atoms with Crippen LogP contribution in [-0.4, -0.2) is 19.1 Å². The van der Waals surface area contributed by atoms with Crippen molar-refractivity contribution >= 4 is 42.5 Å². The van der Waals surface area contributed by atoms with Gasteiger partial charge in [0.15, 0.2) is 5.82 Å². The number of hydrogen-bond acceptors (Lipinski definition) is 4. The fourth-order valence-corrected chi connectivity index (χ4v) is 7.83. The number of rotatable bonds is 5. The van der Waals surface area contributed by atoms with E-state index in [4.69, 9.17) is 9.97 Å². The molecule has 0 spiro atoms. The zero-order chi connectivity index (χ0) is 33.1. The number of benzene rings is 6. The molecular formula is C43H30N4OS. The predicted octanol–water partition coefficient (Wildman–Crippen LogP) is 10.4. The standard InChI is InChI=1S/C43H30N4OS/c1-46-38-21-19-32(25-39(38)47(2)43(46)48)27-15-17-28(18-16-27)36-26-37(45-42(44-36)29-9-4-3-5-10-29)33-12-8-11-30(23-33)31-20-22-41-35(24-31)34-13-6-7-14-40(34)49-41/h3-26H,1-2H3. The summed E-state index contributed by atoms with van der Waals surface area (Å²) < 4.78 is 5.98. The van der Waals surface area contributed by atoms with E-state index in [1.165, 1.54) is 25.7 Å². The Labute approximate surface area is 287 Å². The number of nitrogens with zero attached hydrogens (tertiary/aromatic N) is 4. The summed E-state index contributed by atoms with van der Waals surface area (Å²) >= 11 is 1.84. The molecule has 234 valence electrons. The Hall–Kier alpha value is -6.11. The highest BCUT2D eigenvalue weighted by molar-refractivity contribution is 7.25. The molecule has 0 amide bonds. The summed E-state index contributed by atoms with van der Waals surface area (Å²) in [7, 11) is 3.62. The van der Waals surface area contributed by atoms with Crippen LogP contribution in [0.4, 0.5) is 0 Å². The van der Waals surface area contributed by atoms with Crippen molar-refractivity contribution in [2.75, 3.05) is 0 Å². The first-order valence-electron chi connectivity index (χ1n) is 16.2. The van der Waals surface area contributed by atoms with Crippen molar-refractivity contribution in [3.63, 3.8) is 0 Å². The van der Waals surface area contributed by atoms with Gasteiger partial charge in [0.05, 0.1) is 22.4 Å². The fourth-order valence-electron chi connectivity index (χ4n) is 6.74. The molecule has 0 saturated heterocycles. The number of aryl methyl sites for hydroxylation is 2. The highest BCUT2D eigenvalue weighted by Gasteiger charge is 2.14. The van der Waals surface area contributed by atoms with Gasteiger partial charge in [0.2, 0.25) is 0 Å². The molecule has 0 N–H and O–H groups in total. The maximum absolute atomic E-state index is 12.5. The maximum Gasteiger partial charge on any atom is 0.328 e. The number of imidazole rings is 1. The summed E-state index contributed by atoms with van der Waals surface area (Å²) in [6.45, 7) is 0. The van der Waals surface area contributed by atoms with Crippen LogP contribution < -0.4 is 5.69 Å². The van der Waals surface area contributed by atoms with E-state index in [-0.39, 0.29) is 5.69 Å². The van der Waals surface area contributed by atoms with Gasteiger partial charge in [-0.15, -0.1) is 11.3 Å². The second-order valence-corrected chi connectivity index (χ2v) is 13.5. The zero-order valence-electron chi connectivity index (χ0n) is 27.0. The van der Waals surface area contributed by atoms with Crippen LogP contribution in [0.1, 0.15) is 0 Å². The number of aromatic nitrogens is 4. The minimum absolute atomic E-state index is 0.0287. The molecule has 5 nitrogen and oxygen atoms in total. The first-order chi connectivity index (χ1) is 24.0. The van der Waals surface area contributed by atoms with Crippen molar-refractivity contribution in [3.8, 4) is 56.2 Å². The lowest BCUT2D eigenvalue weighted by atomic mass is 9.98. The van der Waals surface area contributed by atoms with Gasteiger partial charge in [-0.3, -0.25) is 9.13 Å². The van der Waals surface area contributed by atoms with Crippen molar-refractivity contribution in [2.24, 2.45) is 14.1 Å². The quantitative estimate of drug-likeness (QED) is 0.186. The smallest absolute Gasteiger partial charge is 0.295 e. The second kappa shape index (κ2) is 11.5. The Bertz CT molecular complexity index is 2760. The van der Waals surface area contributed by atoms with Crippen molar-refractivity contribution in [2.45, 2.75) is 0 Å². The molecule has 0 unspecified atom stereocenters. The lowest BCUT2D eigenvalue weighted by Crippen LogP contribution is -2.19. The average Bonchev–Trinajstić information content (AvgIpc) is 3.64. The molecule has 0 aliphatic heterocycles. The lowest BCUT2D eigenvalue weighted by Gasteiger charge is -2.11. The molecule has 9 aromatic rings. The Balaban J connectivity index is 1.12. The molecule has 0 bridgehead atoms. The van der Waals surface area contributed by atoms with E-state index in [1.807, 2.05) is 42.6 Å². The fraction of sp³-hybridized carbons (Fsp3) is 0.0465. The number of hydrogen-bond donors (Lipinski definition) is 0. The largest absolute Gasteiger partial charge is 0.328 e. The topological polar surface area (TPSA) is 52.7 Å². The van der Waals surface area contributed by atoms with Gasteiger partial charge >= 0.3 is 5.69 Å². The van der Waals surface area contributed by atoms with E-state index in [9.17, 15) is 4.79 Å². The van der Waals surface area contributed by atoms with Crippen LogP contribution in [-0.2, 0) is 14.1 Å². The molecule has 9 rings (SSSR count). The highest BCUT2D eigenvalue weighted by atomic mass is 32.1. The van der Waals surface area contributed by atoms with Gasteiger partial charge < -0.3 is 0 Å². The zero-order valence-corrected chi connectivity index (χ0v) is 27.8. The Morgan fingerprint density at radius 3 is 1.88 bits per heavy atom. The molecule has 0 saturated carbocycles. The normalized spacial score (nSPS) is 11.6. The summed E-state index contributed by atoms with van der Waals surface area (Å²) in [6, 6.07) is 50.9. The Kier molecular flexibility index (Phi) is 6.85. The van der Waals surface area contributed by atoms with Gasteiger partial charge in [0.1, 0.15) is 0 Å². The van der Waals surface area contributed by atoms with Gasteiger partial charge in [-0.2, -0.15) is 0 Å². The minimum atomic E-state index is -0.0287. The van der Waals surface area contributed by atoms with Crippen molar-refractivity contribution < 1.29 is 0 Å². The lowest BCUT2D eigenvalue weighted by molar-refractivity contribution is 0.795. The van der Waals surface area contributed by atoms with Crippen LogP contribution in [0.2, 0.25) is 0 Å². The molecule has 0 atom stereocenters. The number of thiophene rings is 1. The van der Waals surface area contributed by atoms with Crippen molar-refractivity contribution in [1.82, 2.24) is 19.1 Å². The highest BCUT2D eigenvalue weighted by Crippen LogP contribution is 2.37. The average molecular weight is 651 g/mol. The molecular weight excluding hydrogens is 621 g/mol. The molecule has 0 radical (unpaired) electrons. The van der Waals surface area contributed by atoms with Crippen LogP contribution in [0.5, 0.6) is 0 Å². The number of fused-ring (bicyclic) bond motifs is 4. The second-order valence-electron chi connectivity index (χ2n) is 12.4. The molecule has 3 aromatic heterocycles. The monoisotopic (exact) mass is 650 g/mol. The van der Waals surface area contributed by atoms with E-state index in [1.54, 1.807) is 16.2 Å². The molecule has 6 heteroatoms. The van der Waals surface area contributed by atoms with Crippen LogP contribution in [0.15, 0.2) is 150 Å². The third-order valence-electron chi connectivity index (χ3n) is 9.41. The van der Waals surface area contributed by atoms with E-state index >= 15 is 0 Å². The molecule has 6 aromatic carbocycles. The predicted molar refractivity (Wildman–Crippen MR) is 204 cm³/mol. The third-order valence-corrected chi connectivity index (χ3v) is 10.6. The molecule has 3 heterocycles. The summed E-state index contributed by atoms with van der Waals surface area (Å²) in [6.07, 6.45) is 0. The van der Waals surface area contributed by atoms with Gasteiger partial charge in [-0.05, 0) is 64.7 Å². The maximum atomic E-state index is 12.5. The molecule has 0 aliphatic carbocycles. The van der Waals surface area contributed by atoms with Gasteiger partial charge in [-0.25, -0.2) is 14.8 Å². The summed E-state index contributed by atoms with van der Waals surface area (Å²) in [4.78, 5) is 22.6. The summed E-state index contributed by atoms with van der Waals surface area (Å²) in [5.41, 5.74) is 11.0. The Morgan fingerprint density at radius 1 is 0.449 bits per heavy atom. The summed E-state index contributed by atoms with van der Waals surface area (Å²) in [5, 5.41) is 2.58. The van der Waals surface area contributed by atoms with E-state index in [2.05, 4.69) is 121 Å². The van der Waals surface area contributed by atoms with Gasteiger partial charge in [0, 0.05) is 51.0 Å². The molecule has 49 heavy (non-hydrogen) atoms. The van der Waals surface area contributed by atoms with Crippen LogP contribution >= 0.6 is 11.3 Å². The van der Waals surface area contributed by atoms with E-state index in [0.717, 1.165) is 55.8 Å². The molecule has 0 fully saturated rings. The van der Waals surface area contributed by atoms with Gasteiger partial charge in [0.25, 0.3) is 0 Å². The minimum Gasteiger partial charge on any atom is -0.295 e. The van der Waals surface area contributed by atoms with Gasteiger partial charge in [-0.1, -0.05) is 103 Å².